The first-order chi connectivity index (χ1) is 10.7. The van der Waals surface area contributed by atoms with E-state index < -0.39 is 0 Å². The first kappa shape index (κ1) is 13.8. The van der Waals surface area contributed by atoms with Crippen LogP contribution in [0, 0.1) is 0 Å². The third kappa shape index (κ3) is 2.31. The van der Waals surface area contributed by atoms with Crippen LogP contribution >= 0.6 is 38.6 Å². The van der Waals surface area contributed by atoms with Crippen LogP contribution in [0.4, 0.5) is 0 Å². The normalized spacial score (nSPS) is 12.3. The van der Waals surface area contributed by atoms with Gasteiger partial charge in [-0.2, -0.15) is 9.50 Å². The lowest BCUT2D eigenvalue weighted by molar-refractivity contribution is 0.938. The molecule has 0 saturated heterocycles. The summed E-state index contributed by atoms with van der Waals surface area (Å²) in [5, 5.41) is 6.29. The predicted molar refractivity (Wildman–Crippen MR) is 93.4 cm³/mol. The highest BCUT2D eigenvalue weighted by atomic mass is 79.9. The van der Waals surface area contributed by atoms with Gasteiger partial charge >= 0.3 is 0 Å². The Morgan fingerprint density at radius 1 is 1.18 bits per heavy atom. The minimum atomic E-state index is -0.133. The molecule has 108 valence electrons. The summed E-state index contributed by atoms with van der Waals surface area (Å²) in [5.41, 5.74) is 0.827. The van der Waals surface area contributed by atoms with Crippen LogP contribution in [0.5, 0.6) is 0 Å². The Balaban J connectivity index is 1.88. The molecule has 0 atom stereocenters. The monoisotopic (exact) mass is 389 g/mol. The van der Waals surface area contributed by atoms with Gasteiger partial charge in [-0.1, -0.05) is 51.5 Å². The zero-order valence-corrected chi connectivity index (χ0v) is 14.3. The Morgan fingerprint density at radius 2 is 2.05 bits per heavy atom. The Bertz CT molecular complexity index is 1070. The first-order valence-corrected chi connectivity index (χ1v) is 8.91. The van der Waals surface area contributed by atoms with Gasteiger partial charge in [-0.25, -0.2) is 0 Å². The molecule has 22 heavy (non-hydrogen) atoms. The molecule has 0 aliphatic carbocycles. The van der Waals surface area contributed by atoms with Crippen LogP contribution in [0.15, 0.2) is 51.0 Å². The van der Waals surface area contributed by atoms with Crippen LogP contribution in [0.1, 0.15) is 5.56 Å². The fraction of sp³-hybridized carbons (Fsp3) is 0. The lowest BCUT2D eigenvalue weighted by Gasteiger charge is -1.94. The number of thiophene rings is 1. The number of rotatable bonds is 2. The Hall–Kier alpha value is -1.83. The Morgan fingerprint density at radius 3 is 2.77 bits per heavy atom. The van der Waals surface area contributed by atoms with Gasteiger partial charge in [0.15, 0.2) is 5.82 Å². The molecule has 0 aliphatic heterocycles. The number of fused-ring (bicyclic) bond motifs is 1. The van der Waals surface area contributed by atoms with Gasteiger partial charge in [-0.05, 0) is 29.2 Å². The fourth-order valence-corrected chi connectivity index (χ4v) is 4.03. The topological polar surface area (TPSA) is 47.3 Å². The zero-order chi connectivity index (χ0) is 15.1. The molecule has 0 spiro atoms. The van der Waals surface area contributed by atoms with Crippen molar-refractivity contribution in [2.24, 2.45) is 0 Å². The molecule has 3 aromatic heterocycles. The van der Waals surface area contributed by atoms with E-state index >= 15 is 0 Å². The molecule has 7 heteroatoms. The second-order valence-electron chi connectivity index (χ2n) is 4.54. The van der Waals surface area contributed by atoms with E-state index in [1.807, 2.05) is 47.9 Å². The van der Waals surface area contributed by atoms with Crippen molar-refractivity contribution in [1.29, 1.82) is 0 Å². The highest BCUT2D eigenvalue weighted by molar-refractivity contribution is 9.10. The van der Waals surface area contributed by atoms with E-state index in [-0.39, 0.29) is 5.56 Å². The number of halogens is 1. The molecule has 0 bridgehead atoms. The predicted octanol–water partition coefficient (Wildman–Crippen LogP) is 3.19. The molecule has 4 aromatic rings. The second-order valence-corrected chi connectivity index (χ2v) is 7.36. The van der Waals surface area contributed by atoms with Gasteiger partial charge in [0, 0.05) is 4.47 Å². The lowest BCUT2D eigenvalue weighted by Crippen LogP contribution is -2.23. The van der Waals surface area contributed by atoms with E-state index in [1.54, 1.807) is 11.3 Å². The van der Waals surface area contributed by atoms with Gasteiger partial charge in [0.2, 0.25) is 4.96 Å². The molecule has 4 rings (SSSR count). The van der Waals surface area contributed by atoms with E-state index in [0.717, 1.165) is 14.9 Å². The average molecular weight is 390 g/mol. The summed E-state index contributed by atoms with van der Waals surface area (Å²) in [5.74, 6) is 0.603. The molecule has 0 radical (unpaired) electrons. The molecule has 0 amide bonds. The Labute approximate surface area is 141 Å². The summed E-state index contributed by atoms with van der Waals surface area (Å²) in [7, 11) is 0. The maximum absolute atomic E-state index is 12.5. The molecular weight excluding hydrogens is 382 g/mol. The van der Waals surface area contributed by atoms with Gasteiger partial charge < -0.3 is 0 Å². The molecule has 0 N–H and O–H groups in total. The van der Waals surface area contributed by atoms with Crippen LogP contribution in [0.2, 0.25) is 0 Å². The molecule has 0 fully saturated rings. The fourth-order valence-electron chi connectivity index (χ4n) is 2.08. The highest BCUT2D eigenvalue weighted by Crippen LogP contribution is 2.21. The van der Waals surface area contributed by atoms with E-state index in [0.29, 0.717) is 15.3 Å². The number of nitrogens with zero attached hydrogens (tertiary/aromatic N) is 3. The van der Waals surface area contributed by atoms with Crippen molar-refractivity contribution in [2.45, 2.75) is 0 Å². The molecule has 0 aliphatic rings. The SMILES string of the molecule is O=c1/c(=C/c2ccccc2Br)sc2nc(-c3cccs3)nn12. The van der Waals surface area contributed by atoms with Gasteiger partial charge in [-0.3, -0.25) is 4.79 Å². The number of thiazole rings is 1. The largest absolute Gasteiger partial charge is 0.291 e. The lowest BCUT2D eigenvalue weighted by atomic mass is 10.2. The van der Waals surface area contributed by atoms with E-state index in [1.165, 1.54) is 15.9 Å². The first-order valence-electron chi connectivity index (χ1n) is 6.42. The molecule has 0 unspecified atom stereocenters. The van der Waals surface area contributed by atoms with Gasteiger partial charge in [-0.15, -0.1) is 16.4 Å². The summed E-state index contributed by atoms with van der Waals surface area (Å²) in [6.07, 6.45) is 1.86. The minimum Gasteiger partial charge on any atom is -0.266 e. The maximum atomic E-state index is 12.5. The van der Waals surface area contributed by atoms with Gasteiger partial charge in [0.05, 0.1) is 9.41 Å². The van der Waals surface area contributed by atoms with Crippen molar-refractivity contribution in [3.63, 3.8) is 0 Å². The van der Waals surface area contributed by atoms with Gasteiger partial charge in [0.1, 0.15) is 0 Å². The third-order valence-corrected chi connectivity index (χ3v) is 5.66. The Kier molecular flexibility index (Phi) is 3.40. The average Bonchev–Trinajstić information content (AvgIpc) is 3.20. The van der Waals surface area contributed by atoms with Gasteiger partial charge in [0.25, 0.3) is 5.56 Å². The number of hydrogen-bond donors (Lipinski definition) is 0. The number of benzene rings is 1. The second kappa shape index (κ2) is 5.42. The van der Waals surface area contributed by atoms with Crippen LogP contribution in [-0.2, 0) is 0 Å². The van der Waals surface area contributed by atoms with Crippen molar-refractivity contribution in [2.75, 3.05) is 0 Å². The van der Waals surface area contributed by atoms with Crippen molar-refractivity contribution >= 4 is 49.6 Å². The van der Waals surface area contributed by atoms with Crippen LogP contribution in [0.3, 0.4) is 0 Å². The summed E-state index contributed by atoms with van der Waals surface area (Å²) in [4.78, 5) is 18.5. The minimum absolute atomic E-state index is 0.133. The smallest absolute Gasteiger partial charge is 0.266 e. The van der Waals surface area contributed by atoms with Crippen molar-refractivity contribution in [3.05, 3.63) is 66.7 Å². The molecule has 4 nitrogen and oxygen atoms in total. The summed E-state index contributed by atoms with van der Waals surface area (Å²) in [6, 6.07) is 11.7. The standard InChI is InChI=1S/C15H8BrN3OS2/c16-10-5-2-1-4-9(10)8-12-14(20)19-15(22-12)17-13(18-19)11-6-3-7-21-11/h1-8H/b12-8-. The van der Waals surface area contributed by atoms with E-state index in [9.17, 15) is 4.79 Å². The van der Waals surface area contributed by atoms with E-state index in [2.05, 4.69) is 26.0 Å². The zero-order valence-electron chi connectivity index (χ0n) is 11.1. The van der Waals surface area contributed by atoms with Crippen LogP contribution in [0.25, 0.3) is 21.7 Å². The molecule has 1 aromatic carbocycles. The highest BCUT2D eigenvalue weighted by Gasteiger charge is 2.12. The third-order valence-electron chi connectivity index (χ3n) is 3.12. The maximum Gasteiger partial charge on any atom is 0.291 e. The van der Waals surface area contributed by atoms with Crippen LogP contribution in [-0.4, -0.2) is 14.6 Å². The van der Waals surface area contributed by atoms with Crippen molar-refractivity contribution in [1.82, 2.24) is 14.6 Å². The number of hydrogen-bond acceptors (Lipinski definition) is 5. The molecular formula is C15H8BrN3OS2. The number of aromatic nitrogens is 3. The summed E-state index contributed by atoms with van der Waals surface area (Å²) >= 11 is 6.40. The summed E-state index contributed by atoms with van der Waals surface area (Å²) < 4.78 is 2.95. The van der Waals surface area contributed by atoms with E-state index in [4.69, 9.17) is 0 Å². The quantitative estimate of drug-likeness (QED) is 0.528. The van der Waals surface area contributed by atoms with Crippen LogP contribution < -0.4 is 10.1 Å². The summed E-state index contributed by atoms with van der Waals surface area (Å²) in [6.45, 7) is 0. The molecule has 3 heterocycles. The molecule has 0 saturated carbocycles. The van der Waals surface area contributed by atoms with Crippen molar-refractivity contribution in [3.8, 4) is 10.7 Å². The van der Waals surface area contributed by atoms with Crippen molar-refractivity contribution < 1.29 is 0 Å².